The van der Waals surface area contributed by atoms with Crippen molar-refractivity contribution in [3.8, 4) is 0 Å². The molecule has 0 heterocycles. The van der Waals surface area contributed by atoms with E-state index < -0.39 is 23.9 Å². The van der Waals surface area contributed by atoms with Crippen molar-refractivity contribution in [1.29, 1.82) is 0 Å². The third-order valence-corrected chi connectivity index (χ3v) is 1.39. The molecule has 0 spiro atoms. The third-order valence-electron chi connectivity index (χ3n) is 1.39. The van der Waals surface area contributed by atoms with Crippen LogP contribution in [-0.4, -0.2) is 34.8 Å². The molecule has 0 atom stereocenters. The molecular formula is C16H20O8Si. The summed E-state index contributed by atoms with van der Waals surface area (Å²) < 4.78 is 0. The Balaban J connectivity index is -0.0000000702. The molecule has 0 N–H and O–H groups in total. The van der Waals surface area contributed by atoms with Gasteiger partial charge in [0.05, 0.1) is 23.9 Å². The molecule has 8 nitrogen and oxygen atoms in total. The second-order valence-electron chi connectivity index (χ2n) is 4.27. The van der Waals surface area contributed by atoms with Crippen LogP contribution in [0.25, 0.3) is 0 Å². The quantitative estimate of drug-likeness (QED) is 0.372. The van der Waals surface area contributed by atoms with E-state index in [2.05, 4.69) is 26.3 Å². The van der Waals surface area contributed by atoms with Gasteiger partial charge in [0, 0.05) is 0 Å². The molecule has 9 heteroatoms. The minimum atomic E-state index is -1.19. The summed E-state index contributed by atoms with van der Waals surface area (Å²) in [6, 6.07) is 0. The maximum absolute atomic E-state index is 9.49. The summed E-state index contributed by atoms with van der Waals surface area (Å²) in [7, 11) is 0. The molecule has 0 aliphatic heterocycles. The maximum atomic E-state index is 9.49. The summed E-state index contributed by atoms with van der Waals surface area (Å²) in [4.78, 5) is 38.0. The standard InChI is InChI=1S/4C4H6O2.Si/c4*1-3(2)4(5)6;/h4*1H2,2H3,(H,5,6);/q;;;;+4/p-4. The van der Waals surface area contributed by atoms with E-state index in [-0.39, 0.29) is 33.3 Å². The number of carboxylic acids is 4. The van der Waals surface area contributed by atoms with E-state index in [9.17, 15) is 39.6 Å². The second kappa shape index (κ2) is 19.1. The Hall–Kier alpha value is -2.94. The van der Waals surface area contributed by atoms with Crippen LogP contribution in [0.2, 0.25) is 0 Å². The Morgan fingerprint density at radius 2 is 0.520 bits per heavy atom. The Bertz CT molecular complexity index is 388. The molecule has 0 aromatic rings. The molecule has 0 amide bonds. The molecule has 0 saturated carbocycles. The van der Waals surface area contributed by atoms with Crippen LogP contribution in [0.3, 0.4) is 0 Å². The third kappa shape index (κ3) is 44.9. The summed E-state index contributed by atoms with van der Waals surface area (Å²) in [5.41, 5.74) is 0.259. The van der Waals surface area contributed by atoms with Crippen LogP contribution in [0, 0.1) is 0 Å². The van der Waals surface area contributed by atoms with Crippen molar-refractivity contribution < 1.29 is 39.6 Å². The number of carboxylic acid groups (broad SMARTS) is 4. The molecule has 0 rings (SSSR count). The molecule has 0 saturated heterocycles. The largest absolute Gasteiger partial charge is 4.00 e. The van der Waals surface area contributed by atoms with Gasteiger partial charge in [0.25, 0.3) is 0 Å². The normalized spacial score (nSPS) is 7.20. The fourth-order valence-electron chi connectivity index (χ4n) is 0. The van der Waals surface area contributed by atoms with Gasteiger partial charge in [0.2, 0.25) is 0 Å². The first-order valence-electron chi connectivity index (χ1n) is 6.05. The van der Waals surface area contributed by atoms with Crippen LogP contribution in [0.1, 0.15) is 27.7 Å². The minimum absolute atomic E-state index is 0. The molecule has 25 heavy (non-hydrogen) atoms. The van der Waals surface area contributed by atoms with Crippen LogP contribution in [0.4, 0.5) is 0 Å². The molecule has 136 valence electrons. The van der Waals surface area contributed by atoms with Gasteiger partial charge in [-0.15, -0.1) is 0 Å². The average molecular weight is 368 g/mol. The molecular weight excluding hydrogens is 348 g/mol. The van der Waals surface area contributed by atoms with Crippen LogP contribution < -0.4 is 20.4 Å². The molecule has 0 aromatic carbocycles. The molecule has 0 aliphatic rings. The van der Waals surface area contributed by atoms with Gasteiger partial charge in [-0.2, -0.15) is 0 Å². The van der Waals surface area contributed by atoms with Crippen LogP contribution in [0.5, 0.6) is 0 Å². The second-order valence-corrected chi connectivity index (χ2v) is 4.27. The predicted molar refractivity (Wildman–Crippen MR) is 85.0 cm³/mol. The summed E-state index contributed by atoms with van der Waals surface area (Å²) in [5.74, 6) is -4.74. The van der Waals surface area contributed by atoms with Gasteiger partial charge in [-0.3, -0.25) is 0 Å². The van der Waals surface area contributed by atoms with E-state index in [0.717, 1.165) is 0 Å². The average Bonchev–Trinajstić information content (AvgIpc) is 2.40. The van der Waals surface area contributed by atoms with E-state index in [0.29, 0.717) is 0 Å². The zero-order chi connectivity index (χ0) is 20.6. The number of hydrogen-bond acceptors (Lipinski definition) is 8. The predicted octanol–water partition coefficient (Wildman–Crippen LogP) is -3.13. The van der Waals surface area contributed by atoms with Gasteiger partial charge in [-0.05, 0) is 50.0 Å². The molecule has 0 unspecified atom stereocenters. The van der Waals surface area contributed by atoms with Gasteiger partial charge in [-0.25, -0.2) is 0 Å². The minimum Gasteiger partial charge on any atom is -0.545 e. The summed E-state index contributed by atoms with van der Waals surface area (Å²) in [6.07, 6.45) is 0. The fraction of sp³-hybridized carbons (Fsp3) is 0.250. The van der Waals surface area contributed by atoms with Crippen molar-refractivity contribution >= 4 is 34.8 Å². The Kier molecular flexibility index (Phi) is 25.7. The van der Waals surface area contributed by atoms with Crippen LogP contribution >= 0.6 is 0 Å². The Morgan fingerprint density at radius 3 is 0.520 bits per heavy atom. The van der Waals surface area contributed by atoms with Crippen LogP contribution in [0.15, 0.2) is 48.6 Å². The van der Waals surface area contributed by atoms with E-state index in [1.807, 2.05) is 0 Å². The van der Waals surface area contributed by atoms with Crippen molar-refractivity contribution in [2.24, 2.45) is 0 Å². The maximum Gasteiger partial charge on any atom is 4.00 e. The van der Waals surface area contributed by atoms with Crippen molar-refractivity contribution in [3.05, 3.63) is 48.6 Å². The number of aliphatic carboxylic acids is 4. The van der Waals surface area contributed by atoms with Crippen molar-refractivity contribution in [2.75, 3.05) is 0 Å². The first kappa shape index (κ1) is 33.6. The van der Waals surface area contributed by atoms with Crippen molar-refractivity contribution in [3.63, 3.8) is 0 Å². The zero-order valence-corrected chi connectivity index (χ0v) is 15.6. The van der Waals surface area contributed by atoms with Gasteiger partial charge in [0.1, 0.15) is 0 Å². The first-order valence-corrected chi connectivity index (χ1v) is 6.05. The topological polar surface area (TPSA) is 161 Å². The van der Waals surface area contributed by atoms with Gasteiger partial charge >= 0.3 is 11.0 Å². The molecule has 0 aromatic heterocycles. The fourth-order valence-corrected chi connectivity index (χ4v) is 0. The Labute approximate surface area is 151 Å². The van der Waals surface area contributed by atoms with E-state index in [4.69, 9.17) is 0 Å². The molecule has 0 aliphatic carbocycles. The van der Waals surface area contributed by atoms with E-state index >= 15 is 0 Å². The SMILES string of the molecule is C=C(C)C(=O)[O-].C=C(C)C(=O)[O-].C=C(C)C(=O)[O-].C=C(C)C(=O)[O-].[Si+4]. The number of carbonyl (C=O) groups is 4. The Morgan fingerprint density at radius 1 is 0.480 bits per heavy atom. The smallest absolute Gasteiger partial charge is 0.545 e. The van der Waals surface area contributed by atoms with Crippen molar-refractivity contribution in [2.45, 2.75) is 27.7 Å². The summed E-state index contributed by atoms with van der Waals surface area (Å²) in [6.45, 7) is 17.9. The number of rotatable bonds is 4. The zero-order valence-electron chi connectivity index (χ0n) is 14.6. The van der Waals surface area contributed by atoms with Crippen molar-refractivity contribution in [1.82, 2.24) is 0 Å². The summed E-state index contributed by atoms with van der Waals surface area (Å²) >= 11 is 0. The molecule has 0 radical (unpaired) electrons. The van der Waals surface area contributed by atoms with Gasteiger partial charge < -0.3 is 39.6 Å². The van der Waals surface area contributed by atoms with Gasteiger partial charge in [0.15, 0.2) is 0 Å². The van der Waals surface area contributed by atoms with Crippen LogP contribution in [-0.2, 0) is 19.2 Å². The van der Waals surface area contributed by atoms with E-state index in [1.54, 1.807) is 0 Å². The van der Waals surface area contributed by atoms with E-state index in [1.165, 1.54) is 27.7 Å². The molecule has 0 bridgehead atoms. The number of hydrogen-bond donors (Lipinski definition) is 0. The van der Waals surface area contributed by atoms with Gasteiger partial charge in [-0.1, -0.05) is 26.3 Å². The monoisotopic (exact) mass is 368 g/mol. The summed E-state index contributed by atoms with van der Waals surface area (Å²) in [5, 5.41) is 38.0. The number of carbonyl (C=O) groups excluding carboxylic acids is 4. The first-order chi connectivity index (χ1) is 10.6. The molecule has 0 fully saturated rings.